The second-order valence-electron chi connectivity index (χ2n) is 17.0. The predicted molar refractivity (Wildman–Crippen MR) is 254 cm³/mol. The van der Waals surface area contributed by atoms with Crippen LogP contribution in [0.2, 0.25) is 0 Å². The maximum atomic E-state index is 12.9. The molecule has 5 N–H and O–H groups in total. The first-order valence-corrected chi connectivity index (χ1v) is 22.9. The molecule has 2 fully saturated rings. The Morgan fingerprint density at radius 2 is 1.17 bits per heavy atom. The minimum atomic E-state index is -4.29. The van der Waals surface area contributed by atoms with Crippen molar-refractivity contribution >= 4 is 61.9 Å². The number of anilines is 4. The topological polar surface area (TPSA) is 164 Å². The van der Waals surface area contributed by atoms with E-state index in [2.05, 4.69) is 57.6 Å². The van der Waals surface area contributed by atoms with E-state index in [1.165, 1.54) is 0 Å². The molecule has 21 heteroatoms. The minimum absolute atomic E-state index is 0.0864. The zero-order valence-electron chi connectivity index (χ0n) is 37.9. The number of hydrogen-bond acceptors (Lipinski definition) is 10. The van der Waals surface area contributed by atoms with E-state index >= 15 is 0 Å². The van der Waals surface area contributed by atoms with Gasteiger partial charge in [0.2, 0.25) is 0 Å². The molecule has 2 saturated carbocycles. The van der Waals surface area contributed by atoms with Crippen LogP contribution in [-0.2, 0) is 0 Å². The van der Waals surface area contributed by atoms with Crippen molar-refractivity contribution in [2.45, 2.75) is 83.7 Å². The normalized spacial score (nSPS) is 13.7. The molecular weight excluding hydrogens is 972 g/mol. The summed E-state index contributed by atoms with van der Waals surface area (Å²) in [6, 6.07) is 20.2. The second kappa shape index (κ2) is 20.0. The first-order valence-electron chi connectivity index (χ1n) is 22.1. The van der Waals surface area contributed by atoms with E-state index in [0.717, 1.165) is 59.2 Å². The number of amides is 2. The Morgan fingerprint density at radius 1 is 0.681 bits per heavy atom. The molecule has 2 aliphatic carbocycles. The molecule has 0 bridgehead atoms. The number of rotatable bonds is 15. The zero-order chi connectivity index (χ0) is 49.2. The number of aryl methyl sites for hydroxylation is 2. The van der Waals surface area contributed by atoms with Crippen molar-refractivity contribution in [2.75, 3.05) is 36.1 Å². The summed E-state index contributed by atoms with van der Waals surface area (Å²) in [5.41, 5.74) is 8.95. The van der Waals surface area contributed by atoms with Crippen LogP contribution < -0.4 is 31.3 Å². The number of benzene rings is 3. The van der Waals surface area contributed by atoms with E-state index < -0.39 is 25.2 Å². The van der Waals surface area contributed by atoms with Crippen molar-refractivity contribution in [1.29, 1.82) is 0 Å². The van der Waals surface area contributed by atoms with E-state index in [1.807, 2.05) is 63.2 Å². The molecule has 362 valence electrons. The molecule has 3 aromatic carbocycles. The van der Waals surface area contributed by atoms with E-state index in [0.29, 0.717) is 61.4 Å². The van der Waals surface area contributed by atoms with Crippen LogP contribution >= 0.6 is 15.9 Å². The number of nitrogens with zero attached hydrogens (tertiary/aromatic N) is 6. The molecule has 4 heterocycles. The average molecular weight is 1020 g/mol. The largest absolute Gasteiger partial charge is 0.496 e. The van der Waals surface area contributed by atoms with Gasteiger partial charge in [-0.05, 0) is 116 Å². The van der Waals surface area contributed by atoms with Crippen molar-refractivity contribution in [3.8, 4) is 28.3 Å². The number of hydrogen-bond donors (Lipinski definition) is 5. The molecule has 0 saturated heterocycles. The second-order valence-corrected chi connectivity index (χ2v) is 17.8. The average Bonchev–Trinajstić information content (AvgIpc) is 4.20. The van der Waals surface area contributed by atoms with Crippen LogP contribution in [0, 0.1) is 20.8 Å². The maximum Gasteiger partial charge on any atom is 0.390 e. The molecule has 0 aliphatic heterocycles. The fraction of sp³-hybridized carbons (Fsp3) is 0.333. The van der Waals surface area contributed by atoms with Crippen LogP contribution in [-0.4, -0.2) is 85.6 Å². The Hall–Kier alpha value is -6.90. The SMILES string of the molecule is COc1cccc(Nc2cc(NCCC(F)(F)F)c3ncc(-c4ccc(C(=O)NC5CC5)c(C)c4)n3n2)c1C.Cc1cc(-c2cnc3c(NCCC(F)(F)F)cc(Br)nn23)ccc1C(=O)NC1CC1. The lowest BCUT2D eigenvalue weighted by molar-refractivity contribution is -0.132. The molecule has 7 aromatic rings. The first kappa shape index (κ1) is 48.6. The number of fused-ring (bicyclic) bond motifs is 2. The lowest BCUT2D eigenvalue weighted by Crippen LogP contribution is -2.26. The Morgan fingerprint density at radius 3 is 1.64 bits per heavy atom. The molecule has 9 rings (SSSR count). The third kappa shape index (κ3) is 12.0. The Bertz CT molecular complexity index is 3040. The fourth-order valence-corrected chi connectivity index (χ4v) is 7.93. The highest BCUT2D eigenvalue weighted by Crippen LogP contribution is 2.33. The summed E-state index contributed by atoms with van der Waals surface area (Å²) in [6.07, 6.45) is -3.19. The standard InChI is InChI=1S/C28H29F3N6O2.C20H19BrF3N5O/c1-16-13-18(7-10-20(16)27(38)34-19-8-9-19)23-15-33-26-22(32-12-11-28(29,30)31)14-25(36-37(23)26)35-21-5-4-6-24(39-3)17(21)2;1-11-8-12(2-5-14(11)19(30)27-13-3-4-13)16-10-26-18-15(9-17(21)28-29(16)18)25-7-6-20(22,23)24/h4-7,10,13-15,19,32H,8-9,11-12H2,1-3H3,(H,34,38)(H,35,36);2,5,8-10,13,25H,3-4,6-7H2,1H3,(H,27,30). The van der Waals surface area contributed by atoms with E-state index in [4.69, 9.17) is 9.84 Å². The van der Waals surface area contributed by atoms with Crippen LogP contribution in [0.25, 0.3) is 33.8 Å². The zero-order valence-corrected chi connectivity index (χ0v) is 39.5. The van der Waals surface area contributed by atoms with Gasteiger partial charge in [0.25, 0.3) is 11.8 Å². The van der Waals surface area contributed by atoms with Gasteiger partial charge in [0, 0.05) is 64.7 Å². The summed E-state index contributed by atoms with van der Waals surface area (Å²) in [7, 11) is 1.58. The number of methoxy groups -OCH3 is 1. The molecule has 2 amide bonds. The molecule has 0 radical (unpaired) electrons. The highest BCUT2D eigenvalue weighted by molar-refractivity contribution is 9.10. The van der Waals surface area contributed by atoms with Gasteiger partial charge in [0.15, 0.2) is 17.1 Å². The summed E-state index contributed by atoms with van der Waals surface area (Å²) in [5, 5.41) is 24.0. The minimum Gasteiger partial charge on any atom is -0.496 e. The van der Waals surface area contributed by atoms with Crippen molar-refractivity contribution in [1.82, 2.24) is 39.8 Å². The smallest absolute Gasteiger partial charge is 0.390 e. The fourth-order valence-electron chi connectivity index (χ4n) is 7.55. The summed E-state index contributed by atoms with van der Waals surface area (Å²) in [4.78, 5) is 33.7. The van der Waals surface area contributed by atoms with E-state index in [9.17, 15) is 35.9 Å². The van der Waals surface area contributed by atoms with Crippen molar-refractivity contribution < 1.29 is 40.7 Å². The third-order valence-corrected chi connectivity index (χ3v) is 11.9. The predicted octanol–water partition coefficient (Wildman–Crippen LogP) is 10.7. The Labute approximate surface area is 400 Å². The van der Waals surface area contributed by atoms with Gasteiger partial charge >= 0.3 is 12.4 Å². The lowest BCUT2D eigenvalue weighted by atomic mass is 10.0. The van der Waals surface area contributed by atoms with Gasteiger partial charge in [0.1, 0.15) is 10.4 Å². The molecule has 0 unspecified atom stereocenters. The molecule has 14 nitrogen and oxygen atoms in total. The Balaban J connectivity index is 0.000000192. The summed E-state index contributed by atoms with van der Waals surface area (Å²) in [6.45, 7) is 5.05. The van der Waals surface area contributed by atoms with Gasteiger partial charge in [0.05, 0.1) is 55.1 Å². The van der Waals surface area contributed by atoms with E-state index in [1.54, 1.807) is 52.8 Å². The van der Waals surface area contributed by atoms with Gasteiger partial charge in [-0.25, -0.2) is 19.0 Å². The first-order chi connectivity index (χ1) is 32.8. The monoisotopic (exact) mass is 1020 g/mol. The molecule has 69 heavy (non-hydrogen) atoms. The van der Waals surface area contributed by atoms with Crippen LogP contribution in [0.15, 0.2) is 83.7 Å². The number of halogens is 7. The van der Waals surface area contributed by atoms with Crippen LogP contribution in [0.4, 0.5) is 49.2 Å². The lowest BCUT2D eigenvalue weighted by Gasteiger charge is -2.15. The number of alkyl halides is 6. The van der Waals surface area contributed by atoms with E-state index in [-0.39, 0.29) is 37.0 Å². The number of carbonyl (C=O) groups excluding carboxylic acids is 2. The number of ether oxygens (including phenoxy) is 1. The Kier molecular flexibility index (Phi) is 14.1. The quantitative estimate of drug-likeness (QED) is 0.0625. The molecule has 4 aromatic heterocycles. The van der Waals surface area contributed by atoms with Gasteiger partial charge in [-0.2, -0.15) is 31.4 Å². The van der Waals surface area contributed by atoms with Crippen LogP contribution in [0.3, 0.4) is 0 Å². The molecule has 2 aliphatic rings. The van der Waals surface area contributed by atoms with Crippen molar-refractivity contribution in [2.24, 2.45) is 0 Å². The molecule has 0 spiro atoms. The van der Waals surface area contributed by atoms with Gasteiger partial charge in [-0.1, -0.05) is 18.2 Å². The van der Waals surface area contributed by atoms with Gasteiger partial charge in [-0.3, -0.25) is 9.59 Å². The summed E-state index contributed by atoms with van der Waals surface area (Å²) >= 11 is 3.31. The molecule has 0 atom stereocenters. The maximum absolute atomic E-state index is 12.9. The van der Waals surface area contributed by atoms with Crippen LogP contribution in [0.5, 0.6) is 5.75 Å². The highest BCUT2D eigenvalue weighted by Gasteiger charge is 2.29. The highest BCUT2D eigenvalue weighted by atomic mass is 79.9. The third-order valence-electron chi connectivity index (χ3n) is 11.5. The van der Waals surface area contributed by atoms with Crippen LogP contribution in [0.1, 0.15) is 75.9 Å². The number of nitrogens with one attached hydrogen (secondary N) is 5. The van der Waals surface area contributed by atoms with Crippen molar-refractivity contribution in [3.63, 3.8) is 0 Å². The summed E-state index contributed by atoms with van der Waals surface area (Å²) in [5.74, 6) is 0.907. The van der Waals surface area contributed by atoms with Crippen molar-refractivity contribution in [3.05, 3.63) is 112 Å². The molecular formula is C48H48BrF6N11O3. The van der Waals surface area contributed by atoms with Gasteiger partial charge < -0.3 is 31.3 Å². The summed E-state index contributed by atoms with van der Waals surface area (Å²) < 4.78 is 85.0. The number of imidazole rings is 2. The van der Waals surface area contributed by atoms with Gasteiger partial charge in [-0.15, -0.1) is 5.10 Å². The number of aromatic nitrogens is 6. The number of carbonyl (C=O) groups is 2.